The summed E-state index contributed by atoms with van der Waals surface area (Å²) in [5.74, 6) is 0. The van der Waals surface area contributed by atoms with Crippen molar-refractivity contribution in [3.8, 4) is 0 Å². The molecule has 19 heavy (non-hydrogen) atoms. The summed E-state index contributed by atoms with van der Waals surface area (Å²) < 4.78 is 8.12. The first-order valence-corrected chi connectivity index (χ1v) is 7.28. The van der Waals surface area contributed by atoms with Crippen LogP contribution in [0.1, 0.15) is 23.9 Å². The second-order valence-corrected chi connectivity index (χ2v) is 5.53. The fourth-order valence-corrected chi connectivity index (χ4v) is 2.90. The highest BCUT2D eigenvalue weighted by Crippen LogP contribution is 2.14. The normalized spacial score (nSPS) is 20.9. The molecule has 2 heterocycles. The number of ether oxygens (including phenoxy) is 1. The van der Waals surface area contributed by atoms with Gasteiger partial charge in [0, 0.05) is 44.1 Å². The average Bonchev–Trinajstić information content (AvgIpc) is 2.64. The maximum atomic E-state index is 5.76. The molecular weight excluding hydrogens is 238 g/mol. The summed E-state index contributed by atoms with van der Waals surface area (Å²) in [6.07, 6.45) is 0.327. The van der Waals surface area contributed by atoms with Gasteiger partial charge in [-0.1, -0.05) is 0 Å². The van der Waals surface area contributed by atoms with Crippen molar-refractivity contribution in [3.05, 3.63) is 23.0 Å². The molecule has 0 aromatic carbocycles. The predicted octanol–water partition coefficient (Wildman–Crippen LogP) is 1.55. The largest absolute Gasteiger partial charge is 0.374 e. The van der Waals surface area contributed by atoms with E-state index in [0.29, 0.717) is 6.10 Å². The second kappa shape index (κ2) is 6.55. The SMILES string of the molecule is CCn1c(C)cc(CNCC2CN(C)CCO2)c1C. The molecule has 1 atom stereocenters. The lowest BCUT2D eigenvalue weighted by molar-refractivity contribution is -0.0182. The first-order valence-electron chi connectivity index (χ1n) is 7.28. The molecule has 1 N–H and O–H groups in total. The molecule has 1 aromatic rings. The number of nitrogens with one attached hydrogen (secondary N) is 1. The fourth-order valence-electron chi connectivity index (χ4n) is 2.90. The monoisotopic (exact) mass is 265 g/mol. The van der Waals surface area contributed by atoms with Crippen LogP contribution in [0.4, 0.5) is 0 Å². The van der Waals surface area contributed by atoms with Crippen LogP contribution in [-0.2, 0) is 17.8 Å². The second-order valence-electron chi connectivity index (χ2n) is 5.53. The van der Waals surface area contributed by atoms with Crippen LogP contribution in [0, 0.1) is 13.8 Å². The number of morpholine rings is 1. The van der Waals surface area contributed by atoms with E-state index >= 15 is 0 Å². The number of rotatable bonds is 5. The summed E-state index contributed by atoms with van der Waals surface area (Å²) in [6.45, 7) is 12.4. The van der Waals surface area contributed by atoms with E-state index in [-0.39, 0.29) is 0 Å². The Hall–Kier alpha value is -0.840. The van der Waals surface area contributed by atoms with Crippen molar-refractivity contribution in [2.45, 2.75) is 40.0 Å². The van der Waals surface area contributed by atoms with E-state index < -0.39 is 0 Å². The third kappa shape index (κ3) is 3.59. The van der Waals surface area contributed by atoms with Crippen LogP contribution in [0.5, 0.6) is 0 Å². The van der Waals surface area contributed by atoms with Gasteiger partial charge in [-0.3, -0.25) is 0 Å². The zero-order chi connectivity index (χ0) is 13.8. The molecule has 4 nitrogen and oxygen atoms in total. The van der Waals surface area contributed by atoms with Gasteiger partial charge in [0.1, 0.15) is 0 Å². The van der Waals surface area contributed by atoms with Crippen molar-refractivity contribution in [2.24, 2.45) is 0 Å². The van der Waals surface area contributed by atoms with Crippen molar-refractivity contribution in [3.63, 3.8) is 0 Å². The van der Waals surface area contributed by atoms with Crippen LogP contribution in [-0.4, -0.2) is 48.9 Å². The summed E-state index contributed by atoms with van der Waals surface area (Å²) >= 11 is 0. The third-order valence-electron chi connectivity index (χ3n) is 4.02. The third-order valence-corrected chi connectivity index (χ3v) is 4.02. The lowest BCUT2D eigenvalue weighted by atomic mass is 10.2. The van der Waals surface area contributed by atoms with E-state index in [9.17, 15) is 0 Å². The molecule has 4 heteroatoms. The van der Waals surface area contributed by atoms with Gasteiger partial charge in [0.25, 0.3) is 0 Å². The molecular formula is C15H27N3O. The molecule has 1 aliphatic heterocycles. The molecule has 1 unspecified atom stereocenters. The fraction of sp³-hybridized carbons (Fsp3) is 0.733. The minimum Gasteiger partial charge on any atom is -0.374 e. The number of aromatic nitrogens is 1. The summed E-state index contributed by atoms with van der Waals surface area (Å²) in [5.41, 5.74) is 4.14. The molecule has 1 saturated heterocycles. The smallest absolute Gasteiger partial charge is 0.0826 e. The number of hydrogen-bond donors (Lipinski definition) is 1. The minimum absolute atomic E-state index is 0.327. The summed E-state index contributed by atoms with van der Waals surface area (Å²) in [7, 11) is 2.16. The van der Waals surface area contributed by atoms with Crippen LogP contribution in [0.15, 0.2) is 6.07 Å². The topological polar surface area (TPSA) is 29.4 Å². The Kier molecular flexibility index (Phi) is 5.02. The molecule has 0 saturated carbocycles. The molecule has 0 bridgehead atoms. The Morgan fingerprint density at radius 2 is 2.21 bits per heavy atom. The molecule has 1 aromatic heterocycles. The van der Waals surface area contributed by atoms with Gasteiger partial charge in [-0.2, -0.15) is 0 Å². The Morgan fingerprint density at radius 1 is 1.42 bits per heavy atom. The van der Waals surface area contributed by atoms with Crippen LogP contribution >= 0.6 is 0 Å². The summed E-state index contributed by atoms with van der Waals surface area (Å²) in [5, 5.41) is 3.53. The quantitative estimate of drug-likeness (QED) is 0.876. The van der Waals surface area contributed by atoms with Gasteiger partial charge in [-0.05, 0) is 39.4 Å². The molecule has 2 rings (SSSR count). The first-order chi connectivity index (χ1) is 9.11. The van der Waals surface area contributed by atoms with Crippen molar-refractivity contribution in [1.82, 2.24) is 14.8 Å². The summed E-state index contributed by atoms with van der Waals surface area (Å²) in [6, 6.07) is 2.29. The lowest BCUT2D eigenvalue weighted by Crippen LogP contribution is -2.44. The van der Waals surface area contributed by atoms with Crippen molar-refractivity contribution in [2.75, 3.05) is 33.3 Å². The van der Waals surface area contributed by atoms with Crippen LogP contribution in [0.3, 0.4) is 0 Å². The molecule has 0 aliphatic carbocycles. The van der Waals surface area contributed by atoms with E-state index in [1.54, 1.807) is 0 Å². The zero-order valence-corrected chi connectivity index (χ0v) is 12.7. The Labute approximate surface area is 116 Å². The van der Waals surface area contributed by atoms with E-state index in [4.69, 9.17) is 4.74 Å². The number of hydrogen-bond acceptors (Lipinski definition) is 3. The Bertz CT molecular complexity index is 414. The van der Waals surface area contributed by atoms with Crippen molar-refractivity contribution >= 4 is 0 Å². The van der Waals surface area contributed by atoms with E-state index in [2.05, 4.69) is 48.7 Å². The Morgan fingerprint density at radius 3 is 2.84 bits per heavy atom. The highest BCUT2D eigenvalue weighted by atomic mass is 16.5. The number of likely N-dealkylation sites (N-methyl/N-ethyl adjacent to an activating group) is 1. The maximum Gasteiger partial charge on any atom is 0.0826 e. The van der Waals surface area contributed by atoms with Crippen LogP contribution in [0.25, 0.3) is 0 Å². The summed E-state index contributed by atoms with van der Waals surface area (Å²) in [4.78, 5) is 2.33. The van der Waals surface area contributed by atoms with E-state index in [0.717, 1.165) is 39.3 Å². The van der Waals surface area contributed by atoms with Gasteiger partial charge in [0.15, 0.2) is 0 Å². The van der Waals surface area contributed by atoms with Gasteiger partial charge in [-0.25, -0.2) is 0 Å². The zero-order valence-electron chi connectivity index (χ0n) is 12.7. The van der Waals surface area contributed by atoms with Crippen LogP contribution in [0.2, 0.25) is 0 Å². The van der Waals surface area contributed by atoms with E-state index in [1.165, 1.54) is 17.0 Å². The highest BCUT2D eigenvalue weighted by molar-refractivity contribution is 5.26. The molecule has 1 fully saturated rings. The Balaban J connectivity index is 1.82. The van der Waals surface area contributed by atoms with Gasteiger partial charge >= 0.3 is 0 Å². The minimum atomic E-state index is 0.327. The number of aryl methyl sites for hydroxylation is 1. The number of nitrogens with zero attached hydrogens (tertiary/aromatic N) is 2. The molecule has 1 aliphatic rings. The molecule has 108 valence electrons. The van der Waals surface area contributed by atoms with E-state index in [1.807, 2.05) is 0 Å². The molecule has 0 spiro atoms. The first kappa shape index (κ1) is 14.6. The van der Waals surface area contributed by atoms with Gasteiger partial charge in [0.2, 0.25) is 0 Å². The van der Waals surface area contributed by atoms with Gasteiger partial charge in [0.05, 0.1) is 12.7 Å². The predicted molar refractivity (Wildman–Crippen MR) is 78.5 cm³/mol. The van der Waals surface area contributed by atoms with Crippen molar-refractivity contribution in [1.29, 1.82) is 0 Å². The maximum absolute atomic E-state index is 5.76. The van der Waals surface area contributed by atoms with Crippen LogP contribution < -0.4 is 5.32 Å². The standard InChI is InChI=1S/C15H27N3O/c1-5-18-12(2)8-14(13(18)3)9-16-10-15-11-17(4)6-7-19-15/h8,15-16H,5-7,9-11H2,1-4H3. The van der Waals surface area contributed by atoms with Crippen molar-refractivity contribution < 1.29 is 4.74 Å². The lowest BCUT2D eigenvalue weighted by Gasteiger charge is -2.30. The van der Waals surface area contributed by atoms with Gasteiger partial charge < -0.3 is 19.5 Å². The molecule has 0 amide bonds. The molecule has 0 radical (unpaired) electrons. The average molecular weight is 265 g/mol. The highest BCUT2D eigenvalue weighted by Gasteiger charge is 2.17. The van der Waals surface area contributed by atoms with Gasteiger partial charge in [-0.15, -0.1) is 0 Å².